The molecule has 0 bridgehead atoms. The van der Waals surface area contributed by atoms with E-state index in [1.807, 2.05) is 0 Å². The maximum atomic E-state index is 11.0. The third-order valence-corrected chi connectivity index (χ3v) is 2.34. The predicted molar refractivity (Wildman–Crippen MR) is 58.8 cm³/mol. The molecule has 2 unspecified atom stereocenters. The highest BCUT2D eigenvalue weighted by molar-refractivity contribution is 6.30. The molecule has 0 aliphatic carbocycles. The van der Waals surface area contributed by atoms with Crippen molar-refractivity contribution in [1.29, 1.82) is 0 Å². The number of nitrogens with two attached hydrogens (primary N) is 1. The topological polar surface area (TPSA) is 92.8 Å². The van der Waals surface area contributed by atoms with E-state index in [1.165, 1.54) is 18.2 Å². The molecule has 6 heteroatoms. The van der Waals surface area contributed by atoms with Crippen LogP contribution in [-0.2, 0) is 9.53 Å². The van der Waals surface area contributed by atoms with Gasteiger partial charge in [0.25, 0.3) is 0 Å². The van der Waals surface area contributed by atoms with Crippen molar-refractivity contribution in [2.24, 2.45) is 0 Å². The van der Waals surface area contributed by atoms with Crippen molar-refractivity contribution in [3.63, 3.8) is 0 Å². The van der Waals surface area contributed by atoms with E-state index >= 15 is 0 Å². The molecule has 16 heavy (non-hydrogen) atoms. The standard InChI is InChI=1S/C10H12ClNO4/c1-16-10(15)9(14)8(13)6-4-5(11)2-3-7(6)12/h2-4,8-9,13-14H,12H2,1H3. The Morgan fingerprint density at radius 3 is 2.69 bits per heavy atom. The minimum absolute atomic E-state index is 0.186. The quantitative estimate of drug-likeness (QED) is 0.532. The Labute approximate surface area is 97.4 Å². The Balaban J connectivity index is 2.99. The summed E-state index contributed by atoms with van der Waals surface area (Å²) in [7, 11) is 1.11. The maximum absolute atomic E-state index is 11.0. The molecule has 0 saturated heterocycles. The SMILES string of the molecule is COC(=O)C(O)C(O)c1cc(Cl)ccc1N. The van der Waals surface area contributed by atoms with Crippen molar-refractivity contribution >= 4 is 23.3 Å². The van der Waals surface area contributed by atoms with Crippen molar-refractivity contribution in [2.75, 3.05) is 12.8 Å². The van der Waals surface area contributed by atoms with E-state index < -0.39 is 18.2 Å². The monoisotopic (exact) mass is 245 g/mol. The van der Waals surface area contributed by atoms with Crippen LogP contribution in [-0.4, -0.2) is 29.4 Å². The molecule has 4 N–H and O–H groups in total. The fraction of sp³-hybridized carbons (Fsp3) is 0.300. The Morgan fingerprint density at radius 1 is 1.50 bits per heavy atom. The molecule has 0 fully saturated rings. The molecule has 2 atom stereocenters. The van der Waals surface area contributed by atoms with Crippen LogP contribution < -0.4 is 5.73 Å². The third-order valence-electron chi connectivity index (χ3n) is 2.11. The largest absolute Gasteiger partial charge is 0.467 e. The molecular weight excluding hydrogens is 234 g/mol. The van der Waals surface area contributed by atoms with E-state index in [9.17, 15) is 15.0 Å². The van der Waals surface area contributed by atoms with Gasteiger partial charge in [0.2, 0.25) is 0 Å². The molecule has 1 aromatic carbocycles. The van der Waals surface area contributed by atoms with Crippen LogP contribution in [0, 0.1) is 0 Å². The lowest BCUT2D eigenvalue weighted by atomic mass is 10.0. The second-order valence-electron chi connectivity index (χ2n) is 3.19. The first-order valence-corrected chi connectivity index (χ1v) is 4.84. The molecule has 0 radical (unpaired) electrons. The number of carbonyl (C=O) groups is 1. The van der Waals surface area contributed by atoms with Crippen molar-refractivity contribution in [2.45, 2.75) is 12.2 Å². The number of hydrogen-bond acceptors (Lipinski definition) is 5. The number of anilines is 1. The number of benzene rings is 1. The Hall–Kier alpha value is -1.30. The number of halogens is 1. The minimum atomic E-state index is -1.69. The van der Waals surface area contributed by atoms with E-state index in [0.717, 1.165) is 7.11 Å². The van der Waals surface area contributed by atoms with Crippen LogP contribution in [0.3, 0.4) is 0 Å². The summed E-state index contributed by atoms with van der Waals surface area (Å²) in [5.74, 6) is -0.938. The van der Waals surface area contributed by atoms with Gasteiger partial charge in [0.1, 0.15) is 6.10 Å². The van der Waals surface area contributed by atoms with Gasteiger partial charge in [0.05, 0.1) is 7.11 Å². The second kappa shape index (κ2) is 5.16. The lowest BCUT2D eigenvalue weighted by Crippen LogP contribution is -2.29. The number of aliphatic hydroxyl groups is 2. The number of methoxy groups -OCH3 is 1. The number of ether oxygens (including phenoxy) is 1. The van der Waals surface area contributed by atoms with Crippen LogP contribution in [0.1, 0.15) is 11.7 Å². The van der Waals surface area contributed by atoms with Gasteiger partial charge < -0.3 is 20.7 Å². The van der Waals surface area contributed by atoms with Crippen LogP contribution in [0.25, 0.3) is 0 Å². The first-order valence-electron chi connectivity index (χ1n) is 4.46. The predicted octanol–water partition coefficient (Wildman–Crippen LogP) is 0.490. The highest BCUT2D eigenvalue weighted by Gasteiger charge is 2.27. The van der Waals surface area contributed by atoms with Gasteiger partial charge in [0, 0.05) is 16.3 Å². The normalized spacial score (nSPS) is 14.2. The van der Waals surface area contributed by atoms with Gasteiger partial charge in [0.15, 0.2) is 6.10 Å². The van der Waals surface area contributed by atoms with Gasteiger partial charge in [-0.1, -0.05) is 11.6 Å². The first kappa shape index (κ1) is 12.8. The van der Waals surface area contributed by atoms with E-state index in [-0.39, 0.29) is 11.3 Å². The van der Waals surface area contributed by atoms with Crippen LogP contribution in [0.4, 0.5) is 5.69 Å². The van der Waals surface area contributed by atoms with Crippen LogP contribution >= 0.6 is 11.6 Å². The Kier molecular flexibility index (Phi) is 4.12. The summed E-state index contributed by atoms with van der Waals surface area (Å²) < 4.78 is 4.30. The molecule has 1 aromatic rings. The highest BCUT2D eigenvalue weighted by Crippen LogP contribution is 2.26. The van der Waals surface area contributed by atoms with Crippen molar-refractivity contribution in [3.05, 3.63) is 28.8 Å². The van der Waals surface area contributed by atoms with Crippen LogP contribution in [0.5, 0.6) is 0 Å². The number of esters is 1. The molecule has 0 heterocycles. The summed E-state index contributed by atoms with van der Waals surface area (Å²) in [6.45, 7) is 0. The summed E-state index contributed by atoms with van der Waals surface area (Å²) in [5, 5.41) is 19.5. The maximum Gasteiger partial charge on any atom is 0.337 e. The highest BCUT2D eigenvalue weighted by atomic mass is 35.5. The number of carbonyl (C=O) groups excluding carboxylic acids is 1. The Morgan fingerprint density at radius 2 is 2.12 bits per heavy atom. The molecular formula is C10H12ClNO4. The van der Waals surface area contributed by atoms with Gasteiger partial charge >= 0.3 is 5.97 Å². The summed E-state index contributed by atoms with van der Waals surface area (Å²) >= 11 is 5.71. The number of rotatable bonds is 3. The fourth-order valence-corrected chi connectivity index (χ4v) is 1.40. The molecule has 0 spiro atoms. The number of hydrogen-bond donors (Lipinski definition) is 3. The van der Waals surface area contributed by atoms with Crippen LogP contribution in [0.2, 0.25) is 5.02 Å². The average molecular weight is 246 g/mol. The minimum Gasteiger partial charge on any atom is -0.467 e. The van der Waals surface area contributed by atoms with Gasteiger partial charge in [-0.3, -0.25) is 0 Å². The van der Waals surface area contributed by atoms with Gasteiger partial charge in [-0.05, 0) is 18.2 Å². The fourth-order valence-electron chi connectivity index (χ4n) is 1.22. The zero-order valence-corrected chi connectivity index (χ0v) is 9.31. The van der Waals surface area contributed by atoms with E-state index in [2.05, 4.69) is 4.74 Å². The lowest BCUT2D eigenvalue weighted by molar-refractivity contribution is -0.156. The molecule has 88 valence electrons. The molecule has 0 amide bonds. The molecule has 0 saturated carbocycles. The number of aliphatic hydroxyl groups excluding tert-OH is 2. The van der Waals surface area contributed by atoms with E-state index in [4.69, 9.17) is 17.3 Å². The smallest absolute Gasteiger partial charge is 0.337 e. The van der Waals surface area contributed by atoms with Gasteiger partial charge in [-0.15, -0.1) is 0 Å². The van der Waals surface area contributed by atoms with Crippen molar-refractivity contribution < 1.29 is 19.7 Å². The zero-order valence-electron chi connectivity index (χ0n) is 8.55. The van der Waals surface area contributed by atoms with Crippen LogP contribution in [0.15, 0.2) is 18.2 Å². The molecule has 0 aliphatic heterocycles. The first-order chi connectivity index (χ1) is 7.47. The molecule has 5 nitrogen and oxygen atoms in total. The van der Waals surface area contributed by atoms with Crippen molar-refractivity contribution in [1.82, 2.24) is 0 Å². The summed E-state index contributed by atoms with van der Waals surface area (Å²) in [5.41, 5.74) is 6.01. The summed E-state index contributed by atoms with van der Waals surface area (Å²) in [4.78, 5) is 11.0. The second-order valence-corrected chi connectivity index (χ2v) is 3.62. The van der Waals surface area contributed by atoms with Gasteiger partial charge in [-0.2, -0.15) is 0 Å². The Bertz CT molecular complexity index is 396. The lowest BCUT2D eigenvalue weighted by Gasteiger charge is -2.17. The third kappa shape index (κ3) is 2.63. The summed E-state index contributed by atoms with van der Waals surface area (Å²) in [6, 6.07) is 4.40. The molecule has 0 aliphatic rings. The zero-order chi connectivity index (χ0) is 12.3. The van der Waals surface area contributed by atoms with Crippen molar-refractivity contribution in [3.8, 4) is 0 Å². The summed E-state index contributed by atoms with van der Waals surface area (Å²) in [6.07, 6.45) is -3.16. The molecule has 0 aromatic heterocycles. The van der Waals surface area contributed by atoms with E-state index in [0.29, 0.717) is 5.02 Å². The average Bonchev–Trinajstić information content (AvgIpc) is 2.29. The molecule has 1 rings (SSSR count). The van der Waals surface area contributed by atoms with E-state index in [1.54, 1.807) is 0 Å². The van der Waals surface area contributed by atoms with Gasteiger partial charge in [-0.25, -0.2) is 4.79 Å². The number of nitrogen functional groups attached to an aromatic ring is 1.